The van der Waals surface area contributed by atoms with E-state index in [-0.39, 0.29) is 0 Å². The van der Waals surface area contributed by atoms with Gasteiger partial charge in [-0.15, -0.1) is 0 Å². The van der Waals surface area contributed by atoms with E-state index in [2.05, 4.69) is 32.3 Å². The van der Waals surface area contributed by atoms with Crippen LogP contribution in [0.4, 0.5) is 0 Å². The van der Waals surface area contributed by atoms with E-state index in [9.17, 15) is 0 Å². The normalized spacial score (nSPS) is 9.29. The molecule has 0 heteroatoms. The van der Waals surface area contributed by atoms with Crippen LogP contribution in [0.2, 0.25) is 0 Å². The largest absolute Gasteiger partial charge is 0.0983 e. The molecule has 0 spiro atoms. The summed E-state index contributed by atoms with van der Waals surface area (Å²) in [6.07, 6.45) is 9.81. The Morgan fingerprint density at radius 2 is 1.71 bits per heavy atom. The van der Waals surface area contributed by atoms with Gasteiger partial charge in [0.1, 0.15) is 0 Å². The van der Waals surface area contributed by atoms with Crippen LogP contribution in [0.25, 0.3) is 0 Å². The predicted molar refractivity (Wildman–Crippen MR) is 65.2 cm³/mol. The predicted octanol–water partition coefficient (Wildman–Crippen LogP) is 4.71. The highest BCUT2D eigenvalue weighted by Gasteiger charge is 1.90. The van der Waals surface area contributed by atoms with Crippen molar-refractivity contribution in [2.45, 2.75) is 65.2 Å². The summed E-state index contributed by atoms with van der Waals surface area (Å²) in [6, 6.07) is 0. The van der Waals surface area contributed by atoms with E-state index in [0.29, 0.717) is 0 Å². The molecule has 0 heterocycles. The van der Waals surface area contributed by atoms with Crippen LogP contribution in [0.1, 0.15) is 65.2 Å². The molecule has 0 bridgehead atoms. The third-order valence-corrected chi connectivity index (χ3v) is 2.25. The molecular formula is C14H24. The van der Waals surface area contributed by atoms with E-state index in [1.54, 1.807) is 0 Å². The second kappa shape index (κ2) is 10.4. The zero-order valence-corrected chi connectivity index (χ0v) is 9.86. The first kappa shape index (κ1) is 13.3. The van der Waals surface area contributed by atoms with E-state index in [1.165, 1.54) is 38.5 Å². The van der Waals surface area contributed by atoms with Gasteiger partial charge < -0.3 is 0 Å². The van der Waals surface area contributed by atoms with E-state index < -0.39 is 0 Å². The lowest BCUT2D eigenvalue weighted by molar-refractivity contribution is 0.669. The first-order chi connectivity index (χ1) is 6.81. The summed E-state index contributed by atoms with van der Waals surface area (Å²) in [4.78, 5) is 0. The summed E-state index contributed by atoms with van der Waals surface area (Å²) in [6.45, 7) is 8.41. The summed E-state index contributed by atoms with van der Waals surface area (Å²) in [7, 11) is 0. The van der Waals surface area contributed by atoms with Crippen molar-refractivity contribution in [2.24, 2.45) is 0 Å². The lowest BCUT2D eigenvalue weighted by Crippen LogP contribution is -1.80. The maximum Gasteiger partial charge on any atom is 0.00922 e. The molecule has 0 aromatic rings. The second-order valence-corrected chi connectivity index (χ2v) is 3.82. The summed E-state index contributed by atoms with van der Waals surface area (Å²) >= 11 is 0. The fourth-order valence-electron chi connectivity index (χ4n) is 1.28. The Morgan fingerprint density at radius 3 is 2.36 bits per heavy atom. The van der Waals surface area contributed by atoms with Crippen LogP contribution in [0, 0.1) is 11.8 Å². The van der Waals surface area contributed by atoms with Crippen molar-refractivity contribution < 1.29 is 0 Å². The molecule has 0 atom stereocenters. The van der Waals surface area contributed by atoms with Crippen molar-refractivity contribution in [3.05, 3.63) is 12.2 Å². The van der Waals surface area contributed by atoms with Gasteiger partial charge in [0, 0.05) is 6.42 Å². The number of hydrogen-bond donors (Lipinski definition) is 0. The van der Waals surface area contributed by atoms with Gasteiger partial charge in [0.25, 0.3) is 0 Å². The Balaban J connectivity index is 3.38. The molecule has 0 amide bonds. The van der Waals surface area contributed by atoms with Gasteiger partial charge in [0.15, 0.2) is 0 Å². The fraction of sp³-hybridized carbons (Fsp3) is 0.714. The maximum atomic E-state index is 3.98. The Kier molecular flexibility index (Phi) is 9.86. The number of rotatable bonds is 7. The van der Waals surface area contributed by atoms with Crippen LogP contribution < -0.4 is 0 Å². The molecule has 0 rings (SSSR count). The van der Waals surface area contributed by atoms with Crippen molar-refractivity contribution in [2.75, 3.05) is 0 Å². The number of hydrogen-bond acceptors (Lipinski definition) is 0. The zero-order valence-electron chi connectivity index (χ0n) is 9.86. The van der Waals surface area contributed by atoms with Crippen LogP contribution in [0.5, 0.6) is 0 Å². The highest BCUT2D eigenvalue weighted by molar-refractivity contribution is 5.25. The molecule has 0 aromatic carbocycles. The highest BCUT2D eigenvalue weighted by Crippen LogP contribution is 2.07. The van der Waals surface area contributed by atoms with Crippen LogP contribution in [0.15, 0.2) is 12.2 Å². The number of unbranched alkanes of at least 4 members (excludes halogenated alkanes) is 5. The quantitative estimate of drug-likeness (QED) is 0.405. The Morgan fingerprint density at radius 1 is 1.00 bits per heavy atom. The van der Waals surface area contributed by atoms with Crippen LogP contribution in [-0.4, -0.2) is 0 Å². The lowest BCUT2D eigenvalue weighted by Gasteiger charge is -1.97. The van der Waals surface area contributed by atoms with Crippen molar-refractivity contribution in [1.82, 2.24) is 0 Å². The average Bonchev–Trinajstić information content (AvgIpc) is 2.19. The van der Waals surface area contributed by atoms with Crippen molar-refractivity contribution in [3.8, 4) is 11.8 Å². The molecule has 0 saturated carbocycles. The molecule has 80 valence electrons. The molecule has 0 nitrogen and oxygen atoms in total. The minimum atomic E-state index is 1.03. The van der Waals surface area contributed by atoms with Crippen molar-refractivity contribution in [1.29, 1.82) is 0 Å². The van der Waals surface area contributed by atoms with Gasteiger partial charge in [-0.3, -0.25) is 0 Å². The number of allylic oxidation sites excluding steroid dienone is 1. The van der Waals surface area contributed by atoms with Gasteiger partial charge >= 0.3 is 0 Å². The Labute approximate surface area is 89.8 Å². The van der Waals surface area contributed by atoms with Gasteiger partial charge in [-0.05, 0) is 24.8 Å². The summed E-state index contributed by atoms with van der Waals surface area (Å²) in [5, 5.41) is 0. The van der Waals surface area contributed by atoms with E-state index >= 15 is 0 Å². The molecule has 14 heavy (non-hydrogen) atoms. The second-order valence-electron chi connectivity index (χ2n) is 3.82. The summed E-state index contributed by atoms with van der Waals surface area (Å²) in [5.74, 6) is 6.33. The van der Waals surface area contributed by atoms with Gasteiger partial charge in [0.05, 0.1) is 0 Å². The van der Waals surface area contributed by atoms with Gasteiger partial charge in [-0.1, -0.05) is 58.0 Å². The first-order valence-corrected chi connectivity index (χ1v) is 5.97. The lowest BCUT2D eigenvalue weighted by atomic mass is 10.1. The van der Waals surface area contributed by atoms with E-state index in [4.69, 9.17) is 0 Å². The molecule has 0 unspecified atom stereocenters. The molecule has 0 aliphatic heterocycles. The maximum absolute atomic E-state index is 3.98. The third-order valence-electron chi connectivity index (χ3n) is 2.25. The topological polar surface area (TPSA) is 0 Å². The van der Waals surface area contributed by atoms with E-state index in [1.807, 2.05) is 0 Å². The molecular weight excluding hydrogens is 168 g/mol. The Bertz CT molecular complexity index is 190. The third kappa shape index (κ3) is 9.39. The monoisotopic (exact) mass is 192 g/mol. The molecule has 0 aromatic heterocycles. The van der Waals surface area contributed by atoms with Crippen molar-refractivity contribution >= 4 is 0 Å². The molecule has 0 aliphatic rings. The Hall–Kier alpha value is -0.700. The van der Waals surface area contributed by atoms with Crippen LogP contribution >= 0.6 is 0 Å². The fourth-order valence-corrected chi connectivity index (χ4v) is 1.28. The highest BCUT2D eigenvalue weighted by atomic mass is 13.9. The molecule has 0 aliphatic carbocycles. The zero-order chi connectivity index (χ0) is 10.6. The summed E-state index contributed by atoms with van der Waals surface area (Å²) < 4.78 is 0. The molecule has 0 fully saturated rings. The molecule has 0 saturated heterocycles. The first-order valence-electron chi connectivity index (χ1n) is 5.97. The molecule has 0 radical (unpaired) electrons. The SMILES string of the molecule is C=C(C#CCCCC)CCCCCC. The van der Waals surface area contributed by atoms with E-state index in [0.717, 1.165) is 18.4 Å². The minimum Gasteiger partial charge on any atom is -0.0983 e. The standard InChI is InChI=1S/C14H24/c1-4-6-8-10-12-14(3)13-11-9-7-5-2/h3-10,12H2,1-2H3. The van der Waals surface area contributed by atoms with Gasteiger partial charge in [0.2, 0.25) is 0 Å². The average molecular weight is 192 g/mol. The van der Waals surface area contributed by atoms with Gasteiger partial charge in [-0.25, -0.2) is 0 Å². The van der Waals surface area contributed by atoms with Gasteiger partial charge in [-0.2, -0.15) is 0 Å². The minimum absolute atomic E-state index is 1.03. The summed E-state index contributed by atoms with van der Waals surface area (Å²) in [5.41, 5.74) is 1.12. The smallest absolute Gasteiger partial charge is 0.00922 e. The molecule has 0 N–H and O–H groups in total. The van der Waals surface area contributed by atoms with Crippen LogP contribution in [-0.2, 0) is 0 Å². The van der Waals surface area contributed by atoms with Crippen LogP contribution in [0.3, 0.4) is 0 Å². The van der Waals surface area contributed by atoms with Crippen molar-refractivity contribution in [3.63, 3.8) is 0 Å².